The first-order valence-corrected chi connectivity index (χ1v) is 8.29. The van der Waals surface area contributed by atoms with Gasteiger partial charge in [-0.15, -0.1) is 23.7 Å². The standard InChI is InChI=1S/C14H20F3N3S.ClH/c15-14(16,17)12-19-8-11(21-12)9-20-7-6-18-10-13(20)4-2-1-3-5-13;/h8,18H,1-7,9-10H2;1H. The highest BCUT2D eigenvalue weighted by molar-refractivity contribution is 7.11. The van der Waals surface area contributed by atoms with Crippen LogP contribution in [0.4, 0.5) is 13.2 Å². The zero-order chi connectivity index (χ0) is 14.9. The normalized spacial score (nSPS) is 22.5. The molecule has 0 radical (unpaired) electrons. The second-order valence-corrected chi connectivity index (χ2v) is 7.13. The van der Waals surface area contributed by atoms with Gasteiger partial charge in [0.25, 0.3) is 0 Å². The van der Waals surface area contributed by atoms with Crippen LogP contribution in [-0.4, -0.2) is 35.1 Å². The molecule has 0 atom stereocenters. The third kappa shape index (κ3) is 3.75. The lowest BCUT2D eigenvalue weighted by molar-refractivity contribution is -0.137. The largest absolute Gasteiger partial charge is 0.443 e. The topological polar surface area (TPSA) is 28.2 Å². The van der Waals surface area contributed by atoms with Gasteiger partial charge in [0.15, 0.2) is 5.01 Å². The van der Waals surface area contributed by atoms with Crippen molar-refractivity contribution in [2.45, 2.75) is 50.4 Å². The van der Waals surface area contributed by atoms with Crippen molar-refractivity contribution in [2.75, 3.05) is 19.6 Å². The van der Waals surface area contributed by atoms with Crippen LogP contribution >= 0.6 is 23.7 Å². The van der Waals surface area contributed by atoms with Crippen molar-refractivity contribution in [2.24, 2.45) is 0 Å². The lowest BCUT2D eigenvalue weighted by Crippen LogP contribution is -2.61. The second-order valence-electron chi connectivity index (χ2n) is 6.01. The van der Waals surface area contributed by atoms with Crippen LogP contribution in [0.1, 0.15) is 42.0 Å². The van der Waals surface area contributed by atoms with E-state index in [0.29, 0.717) is 11.4 Å². The molecule has 0 bridgehead atoms. The first kappa shape index (κ1) is 18.0. The number of nitrogens with zero attached hydrogens (tertiary/aromatic N) is 2. The van der Waals surface area contributed by atoms with Crippen molar-refractivity contribution in [3.63, 3.8) is 0 Å². The number of halogens is 4. The first-order chi connectivity index (χ1) is 10.00. The lowest BCUT2D eigenvalue weighted by Gasteiger charge is -2.49. The Labute approximate surface area is 138 Å². The van der Waals surface area contributed by atoms with Gasteiger partial charge in [-0.1, -0.05) is 19.3 Å². The average Bonchev–Trinajstić information content (AvgIpc) is 2.91. The highest BCUT2D eigenvalue weighted by Gasteiger charge is 2.40. The molecule has 1 saturated carbocycles. The summed E-state index contributed by atoms with van der Waals surface area (Å²) >= 11 is 0.783. The molecule has 2 aliphatic rings. The molecule has 22 heavy (non-hydrogen) atoms. The van der Waals surface area contributed by atoms with Gasteiger partial charge in [0.05, 0.1) is 0 Å². The molecule has 1 aromatic rings. The Morgan fingerprint density at radius 3 is 2.64 bits per heavy atom. The molecule has 0 unspecified atom stereocenters. The fourth-order valence-electron chi connectivity index (χ4n) is 3.53. The smallest absolute Gasteiger partial charge is 0.314 e. The average molecular weight is 356 g/mol. The molecule has 8 heteroatoms. The zero-order valence-electron chi connectivity index (χ0n) is 12.3. The minimum absolute atomic E-state index is 0. The van der Waals surface area contributed by atoms with Gasteiger partial charge >= 0.3 is 6.18 Å². The minimum atomic E-state index is -4.32. The van der Waals surface area contributed by atoms with E-state index in [9.17, 15) is 13.2 Å². The molecule has 1 spiro atoms. The summed E-state index contributed by atoms with van der Waals surface area (Å²) in [6, 6.07) is 0. The van der Waals surface area contributed by atoms with E-state index in [1.807, 2.05) is 0 Å². The number of alkyl halides is 3. The Hall–Kier alpha value is -0.370. The quantitative estimate of drug-likeness (QED) is 0.877. The van der Waals surface area contributed by atoms with Crippen molar-refractivity contribution >= 4 is 23.7 Å². The summed E-state index contributed by atoms with van der Waals surface area (Å²) in [4.78, 5) is 6.64. The highest BCUT2D eigenvalue weighted by Crippen LogP contribution is 2.37. The minimum Gasteiger partial charge on any atom is -0.314 e. The first-order valence-electron chi connectivity index (χ1n) is 7.47. The molecular weight excluding hydrogens is 335 g/mol. The molecule has 1 aliphatic heterocycles. The van der Waals surface area contributed by atoms with Crippen LogP contribution in [0.25, 0.3) is 0 Å². The van der Waals surface area contributed by atoms with Crippen LogP contribution < -0.4 is 5.32 Å². The maximum Gasteiger partial charge on any atom is 0.443 e. The van der Waals surface area contributed by atoms with E-state index in [4.69, 9.17) is 0 Å². The maximum atomic E-state index is 12.7. The van der Waals surface area contributed by atoms with E-state index in [-0.39, 0.29) is 17.9 Å². The van der Waals surface area contributed by atoms with Crippen molar-refractivity contribution in [1.82, 2.24) is 15.2 Å². The third-order valence-electron chi connectivity index (χ3n) is 4.61. The van der Waals surface area contributed by atoms with Crippen LogP contribution in [0.3, 0.4) is 0 Å². The van der Waals surface area contributed by atoms with Crippen molar-refractivity contribution in [1.29, 1.82) is 0 Å². The summed E-state index contributed by atoms with van der Waals surface area (Å²) in [5.41, 5.74) is 0.138. The summed E-state index contributed by atoms with van der Waals surface area (Å²) in [6.07, 6.45) is 3.06. The molecule has 2 fully saturated rings. The number of nitrogens with one attached hydrogen (secondary N) is 1. The van der Waals surface area contributed by atoms with Gasteiger partial charge in [-0.25, -0.2) is 4.98 Å². The van der Waals surface area contributed by atoms with Gasteiger partial charge in [0.2, 0.25) is 0 Å². The van der Waals surface area contributed by atoms with E-state index >= 15 is 0 Å². The fraction of sp³-hybridized carbons (Fsp3) is 0.786. The maximum absolute atomic E-state index is 12.7. The van der Waals surface area contributed by atoms with Crippen molar-refractivity contribution in [3.05, 3.63) is 16.1 Å². The molecular formula is C14H21ClF3N3S. The number of thiazole rings is 1. The van der Waals surface area contributed by atoms with E-state index in [2.05, 4.69) is 15.2 Å². The van der Waals surface area contributed by atoms with Crippen LogP contribution in [0.5, 0.6) is 0 Å². The molecule has 0 amide bonds. The highest BCUT2D eigenvalue weighted by atomic mass is 35.5. The SMILES string of the molecule is Cl.FC(F)(F)c1ncc(CN2CCNCC23CCCCC3)s1. The number of rotatable bonds is 2. The Balaban J connectivity index is 0.00000176. The number of aromatic nitrogens is 1. The molecule has 1 aromatic heterocycles. The fourth-order valence-corrected chi connectivity index (χ4v) is 4.33. The van der Waals surface area contributed by atoms with Crippen LogP contribution in [0.15, 0.2) is 6.20 Å². The van der Waals surface area contributed by atoms with Gasteiger partial charge in [-0.2, -0.15) is 13.2 Å². The second kappa shape index (κ2) is 7.03. The van der Waals surface area contributed by atoms with E-state index in [1.165, 1.54) is 25.5 Å². The van der Waals surface area contributed by atoms with Gasteiger partial charge in [0.1, 0.15) is 0 Å². The Bertz CT molecular complexity index is 478. The number of piperazine rings is 1. The molecule has 1 N–H and O–H groups in total. The van der Waals surface area contributed by atoms with Crippen LogP contribution in [0, 0.1) is 0 Å². The molecule has 2 heterocycles. The van der Waals surface area contributed by atoms with E-state index in [1.54, 1.807) is 0 Å². The molecule has 3 rings (SSSR count). The Morgan fingerprint density at radius 2 is 2.00 bits per heavy atom. The van der Waals surface area contributed by atoms with Gasteiger partial charge < -0.3 is 5.32 Å². The lowest BCUT2D eigenvalue weighted by atomic mass is 9.79. The van der Waals surface area contributed by atoms with Gasteiger partial charge in [-0.05, 0) is 12.8 Å². The monoisotopic (exact) mass is 355 g/mol. The summed E-state index contributed by atoms with van der Waals surface area (Å²) in [7, 11) is 0. The van der Waals surface area contributed by atoms with Gasteiger partial charge in [0, 0.05) is 42.8 Å². The predicted molar refractivity (Wildman–Crippen MR) is 83.5 cm³/mol. The van der Waals surface area contributed by atoms with E-state index < -0.39 is 11.2 Å². The molecule has 1 saturated heterocycles. The number of hydrogen-bond acceptors (Lipinski definition) is 4. The molecule has 126 valence electrons. The van der Waals surface area contributed by atoms with Crippen molar-refractivity contribution in [3.8, 4) is 0 Å². The van der Waals surface area contributed by atoms with Gasteiger partial charge in [-0.3, -0.25) is 4.90 Å². The van der Waals surface area contributed by atoms with Crippen LogP contribution in [-0.2, 0) is 12.7 Å². The number of hydrogen-bond donors (Lipinski definition) is 1. The summed E-state index contributed by atoms with van der Waals surface area (Å²) in [5.74, 6) is 0. The summed E-state index contributed by atoms with van der Waals surface area (Å²) in [5, 5.41) is 2.73. The Kier molecular flexibility index (Phi) is 5.74. The van der Waals surface area contributed by atoms with Crippen LogP contribution in [0.2, 0.25) is 0 Å². The molecule has 3 nitrogen and oxygen atoms in total. The molecule has 0 aromatic carbocycles. The van der Waals surface area contributed by atoms with E-state index in [0.717, 1.165) is 43.8 Å². The zero-order valence-corrected chi connectivity index (χ0v) is 13.9. The third-order valence-corrected chi connectivity index (χ3v) is 5.64. The summed E-state index contributed by atoms with van der Waals surface area (Å²) < 4.78 is 38.0. The Morgan fingerprint density at radius 1 is 1.27 bits per heavy atom. The van der Waals surface area contributed by atoms with Crippen molar-refractivity contribution < 1.29 is 13.2 Å². The molecule has 1 aliphatic carbocycles. The predicted octanol–water partition coefficient (Wildman–Crippen LogP) is 3.69. The summed E-state index contributed by atoms with van der Waals surface area (Å²) in [6.45, 7) is 3.36.